The van der Waals surface area contributed by atoms with Crippen molar-refractivity contribution in [2.45, 2.75) is 71.0 Å². The van der Waals surface area contributed by atoms with E-state index in [1.165, 1.54) is 6.42 Å². The first-order chi connectivity index (χ1) is 18.9. The Morgan fingerprint density at radius 1 is 0.872 bits per heavy atom. The summed E-state index contributed by atoms with van der Waals surface area (Å²) >= 11 is 0. The maximum absolute atomic E-state index is 13.9. The molecule has 2 amide bonds. The normalized spacial score (nSPS) is 14.3. The first-order valence-electron chi connectivity index (χ1n) is 13.9. The van der Waals surface area contributed by atoms with Gasteiger partial charge in [-0.25, -0.2) is 0 Å². The van der Waals surface area contributed by atoms with Gasteiger partial charge in [-0.2, -0.15) is 0 Å². The van der Waals surface area contributed by atoms with Crippen LogP contribution in [0.1, 0.15) is 54.4 Å². The van der Waals surface area contributed by atoms with Crippen molar-refractivity contribution < 1.29 is 19.1 Å². The average molecular weight is 529 g/mol. The van der Waals surface area contributed by atoms with Crippen molar-refractivity contribution in [3.63, 3.8) is 0 Å². The zero-order chi connectivity index (χ0) is 27.6. The smallest absolute Gasteiger partial charge is 0.261 e. The molecule has 206 valence electrons. The van der Waals surface area contributed by atoms with Crippen molar-refractivity contribution in [2.24, 2.45) is 0 Å². The standard InChI is InChI=1S/C33H40N2O4/c1-24-17-18-30(19-25(24)2)39-23-32(36)35(22-27-13-10-16-29(20-27)38-3)31(21-26-11-6-4-7-12-26)33(37)34-28-14-8-5-9-15-28/h4,6-7,10-13,16-20,28,31H,5,8-9,14-15,21-23H2,1-3H3,(H,34,37)/t31-/m0/s1. The minimum atomic E-state index is -0.684. The highest BCUT2D eigenvalue weighted by Crippen LogP contribution is 2.22. The number of hydrogen-bond acceptors (Lipinski definition) is 4. The minimum Gasteiger partial charge on any atom is -0.497 e. The predicted molar refractivity (Wildman–Crippen MR) is 154 cm³/mol. The van der Waals surface area contributed by atoms with E-state index >= 15 is 0 Å². The van der Waals surface area contributed by atoms with Crippen LogP contribution in [0.15, 0.2) is 72.8 Å². The number of carbonyl (C=O) groups excluding carboxylic acids is 2. The predicted octanol–water partition coefficient (Wildman–Crippen LogP) is 5.78. The molecule has 0 heterocycles. The summed E-state index contributed by atoms with van der Waals surface area (Å²) in [5, 5.41) is 3.27. The average Bonchev–Trinajstić information content (AvgIpc) is 2.96. The third kappa shape index (κ3) is 8.09. The van der Waals surface area contributed by atoms with Crippen LogP contribution in [0.5, 0.6) is 11.5 Å². The molecule has 1 atom stereocenters. The van der Waals surface area contributed by atoms with Gasteiger partial charge < -0.3 is 19.7 Å². The quantitative estimate of drug-likeness (QED) is 0.343. The molecule has 3 aromatic carbocycles. The van der Waals surface area contributed by atoms with E-state index in [-0.39, 0.29) is 31.0 Å². The number of amides is 2. The molecule has 1 N–H and O–H groups in total. The molecule has 0 radical (unpaired) electrons. The maximum atomic E-state index is 13.9. The Balaban J connectivity index is 1.62. The van der Waals surface area contributed by atoms with Crippen molar-refractivity contribution in [3.05, 3.63) is 95.1 Å². The highest BCUT2D eigenvalue weighted by atomic mass is 16.5. The molecule has 39 heavy (non-hydrogen) atoms. The summed E-state index contributed by atoms with van der Waals surface area (Å²) in [4.78, 5) is 29.4. The summed E-state index contributed by atoms with van der Waals surface area (Å²) in [5.74, 6) is 0.987. The zero-order valence-corrected chi connectivity index (χ0v) is 23.3. The lowest BCUT2D eigenvalue weighted by Gasteiger charge is -2.33. The van der Waals surface area contributed by atoms with Gasteiger partial charge in [0.25, 0.3) is 5.91 Å². The number of hydrogen-bond donors (Lipinski definition) is 1. The lowest BCUT2D eigenvalue weighted by molar-refractivity contribution is -0.143. The van der Waals surface area contributed by atoms with E-state index in [4.69, 9.17) is 9.47 Å². The van der Waals surface area contributed by atoms with Gasteiger partial charge in [0.05, 0.1) is 7.11 Å². The summed E-state index contributed by atoms with van der Waals surface area (Å²) in [5.41, 5.74) is 4.15. The van der Waals surface area contributed by atoms with E-state index in [1.54, 1.807) is 12.0 Å². The summed E-state index contributed by atoms with van der Waals surface area (Å²) in [6.07, 6.45) is 5.80. The van der Waals surface area contributed by atoms with Crippen molar-refractivity contribution >= 4 is 11.8 Å². The second kappa shape index (κ2) is 13.8. The van der Waals surface area contributed by atoms with Gasteiger partial charge in [-0.15, -0.1) is 0 Å². The molecule has 0 spiro atoms. The van der Waals surface area contributed by atoms with Gasteiger partial charge in [0.15, 0.2) is 6.61 Å². The fourth-order valence-electron chi connectivity index (χ4n) is 5.10. The lowest BCUT2D eigenvalue weighted by atomic mass is 9.94. The molecule has 6 nitrogen and oxygen atoms in total. The van der Waals surface area contributed by atoms with Gasteiger partial charge >= 0.3 is 0 Å². The molecule has 3 aromatic rings. The van der Waals surface area contributed by atoms with E-state index in [1.807, 2.05) is 86.6 Å². The first-order valence-corrected chi connectivity index (χ1v) is 13.9. The zero-order valence-electron chi connectivity index (χ0n) is 23.3. The summed E-state index contributed by atoms with van der Waals surface area (Å²) in [6, 6.07) is 22.8. The molecule has 0 aliphatic heterocycles. The number of ether oxygens (including phenoxy) is 2. The molecule has 4 rings (SSSR count). The Kier molecular flexibility index (Phi) is 10.0. The highest BCUT2D eigenvalue weighted by molar-refractivity contribution is 5.88. The van der Waals surface area contributed by atoms with Crippen LogP contribution < -0.4 is 14.8 Å². The largest absolute Gasteiger partial charge is 0.497 e. The van der Waals surface area contributed by atoms with Gasteiger partial charge in [-0.1, -0.05) is 67.8 Å². The molecule has 1 saturated carbocycles. The molecule has 6 heteroatoms. The van der Waals surface area contributed by atoms with Crippen molar-refractivity contribution in [1.82, 2.24) is 10.2 Å². The van der Waals surface area contributed by atoms with Gasteiger partial charge in [-0.3, -0.25) is 9.59 Å². The van der Waals surface area contributed by atoms with Crippen LogP contribution in [-0.2, 0) is 22.6 Å². The van der Waals surface area contributed by atoms with E-state index in [9.17, 15) is 9.59 Å². The second-order valence-electron chi connectivity index (χ2n) is 10.5. The maximum Gasteiger partial charge on any atom is 0.261 e. The first kappa shape index (κ1) is 28.2. The summed E-state index contributed by atoms with van der Waals surface area (Å²) < 4.78 is 11.4. The van der Waals surface area contributed by atoms with Crippen LogP contribution in [0.3, 0.4) is 0 Å². The number of benzene rings is 3. The minimum absolute atomic E-state index is 0.117. The van der Waals surface area contributed by atoms with Crippen LogP contribution in [0.25, 0.3) is 0 Å². The summed E-state index contributed by atoms with van der Waals surface area (Å²) in [7, 11) is 1.62. The van der Waals surface area contributed by atoms with Crippen molar-refractivity contribution in [2.75, 3.05) is 13.7 Å². The highest BCUT2D eigenvalue weighted by Gasteiger charge is 2.32. The SMILES string of the molecule is COc1cccc(CN(C(=O)COc2ccc(C)c(C)c2)[C@@H](Cc2ccccc2)C(=O)NC2CCCCC2)c1. The monoisotopic (exact) mass is 528 g/mol. The Hall–Kier alpha value is -3.80. The molecule has 1 aliphatic carbocycles. The van der Waals surface area contributed by atoms with E-state index in [0.717, 1.165) is 47.9 Å². The lowest BCUT2D eigenvalue weighted by Crippen LogP contribution is -2.53. The van der Waals surface area contributed by atoms with Crippen molar-refractivity contribution in [3.8, 4) is 11.5 Å². The molecule has 1 aliphatic rings. The second-order valence-corrected chi connectivity index (χ2v) is 10.5. The molecule has 0 saturated heterocycles. The number of carbonyl (C=O) groups is 2. The van der Waals surface area contributed by atoms with Gasteiger partial charge in [0, 0.05) is 19.0 Å². The van der Waals surface area contributed by atoms with Crippen LogP contribution in [0.2, 0.25) is 0 Å². The summed E-state index contributed by atoms with van der Waals surface area (Å²) in [6.45, 7) is 4.17. The number of methoxy groups -OCH3 is 1. The van der Waals surface area contributed by atoms with Crippen LogP contribution in [0.4, 0.5) is 0 Å². The Morgan fingerprint density at radius 2 is 1.62 bits per heavy atom. The van der Waals surface area contributed by atoms with E-state index in [0.29, 0.717) is 17.9 Å². The molecule has 1 fully saturated rings. The molecular weight excluding hydrogens is 488 g/mol. The number of nitrogens with zero attached hydrogens (tertiary/aromatic N) is 1. The fraction of sp³-hybridized carbons (Fsp3) is 0.394. The molecule has 0 bridgehead atoms. The fourth-order valence-corrected chi connectivity index (χ4v) is 5.10. The number of aryl methyl sites for hydroxylation is 2. The third-order valence-corrected chi connectivity index (χ3v) is 7.55. The van der Waals surface area contributed by atoms with Crippen LogP contribution in [0, 0.1) is 13.8 Å². The van der Waals surface area contributed by atoms with E-state index in [2.05, 4.69) is 5.32 Å². The Morgan fingerprint density at radius 3 is 2.33 bits per heavy atom. The topological polar surface area (TPSA) is 67.9 Å². The van der Waals surface area contributed by atoms with Gasteiger partial charge in [0.2, 0.25) is 5.91 Å². The Labute approximate surface area is 232 Å². The Bertz CT molecular complexity index is 1240. The van der Waals surface area contributed by atoms with Crippen molar-refractivity contribution in [1.29, 1.82) is 0 Å². The van der Waals surface area contributed by atoms with Crippen LogP contribution in [-0.4, -0.2) is 42.5 Å². The number of nitrogens with one attached hydrogen (secondary N) is 1. The van der Waals surface area contributed by atoms with Gasteiger partial charge in [0.1, 0.15) is 17.5 Å². The molecule has 0 aromatic heterocycles. The van der Waals surface area contributed by atoms with E-state index < -0.39 is 6.04 Å². The number of rotatable bonds is 11. The van der Waals surface area contributed by atoms with Gasteiger partial charge in [-0.05, 0) is 73.2 Å². The molecule has 0 unspecified atom stereocenters. The van der Waals surface area contributed by atoms with Crippen LogP contribution >= 0.6 is 0 Å². The molecular formula is C33H40N2O4. The third-order valence-electron chi connectivity index (χ3n) is 7.55.